The van der Waals surface area contributed by atoms with E-state index in [2.05, 4.69) is 34.8 Å². The van der Waals surface area contributed by atoms with Crippen LogP contribution in [0.1, 0.15) is 38.1 Å². The summed E-state index contributed by atoms with van der Waals surface area (Å²) in [4.78, 5) is 8.51. The van der Waals surface area contributed by atoms with Crippen LogP contribution in [-0.2, 0) is 0 Å². The Morgan fingerprint density at radius 1 is 1.33 bits per heavy atom. The summed E-state index contributed by atoms with van der Waals surface area (Å²) < 4.78 is 2.30. The zero-order chi connectivity index (χ0) is 12.5. The van der Waals surface area contributed by atoms with E-state index in [1.54, 1.807) is 0 Å². The zero-order valence-corrected chi connectivity index (χ0v) is 11.3. The first-order chi connectivity index (χ1) is 8.79. The molecule has 0 aromatic carbocycles. The summed E-state index contributed by atoms with van der Waals surface area (Å²) in [5.74, 6) is 0. The zero-order valence-electron chi connectivity index (χ0n) is 10.6. The van der Waals surface area contributed by atoms with E-state index in [1.165, 1.54) is 37.6 Å². The summed E-state index contributed by atoms with van der Waals surface area (Å²) >= 11 is 5.94. The third-order valence-electron chi connectivity index (χ3n) is 3.85. The molecule has 18 heavy (non-hydrogen) atoms. The molecule has 0 bridgehead atoms. The van der Waals surface area contributed by atoms with E-state index in [0.29, 0.717) is 11.3 Å². The molecular weight excluding hydrogens is 244 g/mol. The van der Waals surface area contributed by atoms with Crippen LogP contribution in [0.2, 0.25) is 12.1 Å². The Hall–Kier alpha value is -1.03. The second kappa shape index (κ2) is 4.92. The van der Waals surface area contributed by atoms with E-state index in [0.717, 1.165) is 11.0 Å². The Morgan fingerprint density at radius 3 is 2.83 bits per heavy atom. The predicted octanol–water partition coefficient (Wildman–Crippen LogP) is 2.97. The van der Waals surface area contributed by atoms with Crippen LogP contribution in [-0.4, -0.2) is 21.8 Å². The number of rotatable bonds is 2. The van der Waals surface area contributed by atoms with Gasteiger partial charge in [0.15, 0.2) is 7.28 Å². The molecule has 0 saturated heterocycles. The molecule has 3 rings (SSSR count). The molecule has 1 aliphatic rings. The largest absolute Gasteiger partial charge is 0.330 e. The first-order valence-electron chi connectivity index (χ1n) is 6.62. The van der Waals surface area contributed by atoms with Gasteiger partial charge in [0, 0.05) is 23.8 Å². The van der Waals surface area contributed by atoms with Gasteiger partial charge in [0.1, 0.15) is 5.65 Å². The molecule has 2 heterocycles. The van der Waals surface area contributed by atoms with Crippen LogP contribution in [0.5, 0.6) is 0 Å². The molecule has 0 unspecified atom stereocenters. The molecule has 2 aromatic heterocycles. The first-order valence-corrected chi connectivity index (χ1v) is 7.00. The number of aromatic nitrogens is 3. The van der Waals surface area contributed by atoms with Crippen LogP contribution in [0.15, 0.2) is 12.4 Å². The highest BCUT2D eigenvalue weighted by Gasteiger charge is 2.19. The molecular formula is C13H16BClN3. The minimum absolute atomic E-state index is 0.334. The van der Waals surface area contributed by atoms with Gasteiger partial charge in [-0.15, -0.1) is 0 Å². The second-order valence-electron chi connectivity index (χ2n) is 4.95. The van der Waals surface area contributed by atoms with Gasteiger partial charge in [-0.05, 0) is 24.4 Å². The van der Waals surface area contributed by atoms with Crippen LogP contribution < -0.4 is 5.46 Å². The fraction of sp³-hybridized carbons (Fsp3) is 0.538. The summed E-state index contributed by atoms with van der Waals surface area (Å²) in [6, 6.07) is 0.570. The molecule has 0 aliphatic heterocycles. The Bertz CT molecular complexity index is 561. The van der Waals surface area contributed by atoms with Crippen molar-refractivity contribution in [2.24, 2.45) is 0 Å². The highest BCUT2D eigenvalue weighted by atomic mass is 35.5. The standard InChI is InChI=1S/C13H16BClN3/c1-14-11-8-18(9-5-3-2-4-6-9)12-10(11)7-16-13(15)17-12/h7-9H,2-6H2,1H3. The number of hydrogen-bond acceptors (Lipinski definition) is 2. The lowest BCUT2D eigenvalue weighted by atomic mass is 9.74. The summed E-state index contributed by atoms with van der Waals surface area (Å²) in [5, 5.41) is 1.44. The molecule has 0 N–H and O–H groups in total. The van der Waals surface area contributed by atoms with Gasteiger partial charge in [-0.3, -0.25) is 0 Å². The highest BCUT2D eigenvalue weighted by Crippen LogP contribution is 2.30. The lowest BCUT2D eigenvalue weighted by molar-refractivity contribution is 0.360. The predicted molar refractivity (Wildman–Crippen MR) is 75.9 cm³/mol. The van der Waals surface area contributed by atoms with E-state index < -0.39 is 0 Å². The van der Waals surface area contributed by atoms with E-state index in [4.69, 9.17) is 11.6 Å². The third-order valence-corrected chi connectivity index (χ3v) is 4.03. The molecule has 2 aromatic rings. The van der Waals surface area contributed by atoms with E-state index >= 15 is 0 Å². The Kier molecular flexibility index (Phi) is 3.29. The van der Waals surface area contributed by atoms with E-state index in [1.807, 2.05) is 6.20 Å². The number of fused-ring (bicyclic) bond motifs is 1. The van der Waals surface area contributed by atoms with Gasteiger partial charge in [-0.25, -0.2) is 4.98 Å². The fourth-order valence-corrected chi connectivity index (χ4v) is 3.03. The Balaban J connectivity index is 2.12. The number of nitrogens with zero attached hydrogens (tertiary/aromatic N) is 3. The van der Waals surface area contributed by atoms with Crippen molar-refractivity contribution < 1.29 is 0 Å². The molecule has 1 saturated carbocycles. The third kappa shape index (κ3) is 2.03. The summed E-state index contributed by atoms with van der Waals surface area (Å²) in [5.41, 5.74) is 2.18. The molecule has 3 nitrogen and oxygen atoms in total. The van der Waals surface area contributed by atoms with Gasteiger partial charge >= 0.3 is 0 Å². The van der Waals surface area contributed by atoms with Gasteiger partial charge in [-0.1, -0.05) is 31.5 Å². The maximum absolute atomic E-state index is 5.94. The minimum Gasteiger partial charge on any atom is -0.330 e. The first kappa shape index (κ1) is 12.0. The average molecular weight is 261 g/mol. The number of halogens is 1. The van der Waals surface area contributed by atoms with Crippen molar-refractivity contribution in [3.8, 4) is 0 Å². The van der Waals surface area contributed by atoms with Crippen molar-refractivity contribution >= 4 is 35.4 Å². The monoisotopic (exact) mass is 260 g/mol. The van der Waals surface area contributed by atoms with Crippen molar-refractivity contribution in [1.82, 2.24) is 14.5 Å². The highest BCUT2D eigenvalue weighted by molar-refractivity contribution is 6.55. The molecule has 1 radical (unpaired) electrons. The summed E-state index contributed by atoms with van der Waals surface area (Å²) in [6.45, 7) is 2.05. The Labute approximate surface area is 113 Å². The fourth-order valence-electron chi connectivity index (χ4n) is 2.90. The van der Waals surface area contributed by atoms with E-state index in [-0.39, 0.29) is 0 Å². The van der Waals surface area contributed by atoms with Crippen LogP contribution in [0.4, 0.5) is 0 Å². The number of hydrogen-bond donors (Lipinski definition) is 0. The molecule has 0 amide bonds. The molecule has 1 fully saturated rings. The average Bonchev–Trinajstić information content (AvgIpc) is 2.77. The molecule has 0 atom stereocenters. The Morgan fingerprint density at radius 2 is 2.11 bits per heavy atom. The maximum atomic E-state index is 5.94. The van der Waals surface area contributed by atoms with Crippen LogP contribution in [0, 0.1) is 0 Å². The van der Waals surface area contributed by atoms with Crippen molar-refractivity contribution in [3.05, 3.63) is 17.7 Å². The van der Waals surface area contributed by atoms with Crippen molar-refractivity contribution in [3.63, 3.8) is 0 Å². The van der Waals surface area contributed by atoms with Crippen LogP contribution in [0.25, 0.3) is 11.0 Å². The summed E-state index contributed by atoms with van der Waals surface area (Å²) in [7, 11) is 2.11. The van der Waals surface area contributed by atoms with Gasteiger partial charge in [-0.2, -0.15) is 4.98 Å². The smallest absolute Gasteiger partial charge is 0.224 e. The lowest BCUT2D eigenvalue weighted by Crippen LogP contribution is -2.14. The van der Waals surface area contributed by atoms with Crippen LogP contribution >= 0.6 is 11.6 Å². The summed E-state index contributed by atoms with van der Waals surface area (Å²) in [6.07, 6.45) is 10.5. The maximum Gasteiger partial charge on any atom is 0.224 e. The van der Waals surface area contributed by atoms with Gasteiger partial charge in [0.2, 0.25) is 5.28 Å². The molecule has 5 heteroatoms. The lowest BCUT2D eigenvalue weighted by Gasteiger charge is -2.23. The van der Waals surface area contributed by atoms with Crippen molar-refractivity contribution in [2.45, 2.75) is 45.0 Å². The second-order valence-corrected chi connectivity index (χ2v) is 5.29. The normalized spacial score (nSPS) is 17.2. The van der Waals surface area contributed by atoms with Gasteiger partial charge < -0.3 is 4.57 Å². The SMILES string of the molecule is C[B]c1cn(C2CCCCC2)c2nc(Cl)ncc12. The molecule has 93 valence electrons. The quantitative estimate of drug-likeness (QED) is 0.614. The molecule has 0 spiro atoms. The minimum atomic E-state index is 0.334. The van der Waals surface area contributed by atoms with Gasteiger partial charge in [0.05, 0.1) is 0 Å². The topological polar surface area (TPSA) is 30.7 Å². The molecule has 1 aliphatic carbocycles. The van der Waals surface area contributed by atoms with Gasteiger partial charge in [0.25, 0.3) is 0 Å². The van der Waals surface area contributed by atoms with E-state index in [9.17, 15) is 0 Å². The van der Waals surface area contributed by atoms with Crippen LogP contribution in [0.3, 0.4) is 0 Å². The van der Waals surface area contributed by atoms with Crippen molar-refractivity contribution in [1.29, 1.82) is 0 Å². The van der Waals surface area contributed by atoms with Crippen molar-refractivity contribution in [2.75, 3.05) is 0 Å².